The Labute approximate surface area is 168 Å². The molecular formula is C19H13ClN4O3S. The molecule has 0 fully saturated rings. The number of aromatic amines is 1. The SMILES string of the molecule is O=C(COc1ccc(Cl)cc1C(=O)c1nccs1)Nc1ccc2[nH]ncc2c1. The Kier molecular flexibility index (Phi) is 5.05. The monoisotopic (exact) mass is 412 g/mol. The van der Waals surface area contributed by atoms with E-state index in [1.54, 1.807) is 42.0 Å². The first kappa shape index (κ1) is 18.1. The standard InChI is InChI=1S/C19H13ClN4O3S/c20-12-1-4-16(14(8-12)18(26)19-21-5-6-28-19)27-10-17(25)23-13-2-3-15-11(7-13)9-22-24-15/h1-9H,10H2,(H,22,24)(H,23,25). The largest absolute Gasteiger partial charge is 0.483 e. The lowest BCUT2D eigenvalue weighted by atomic mass is 10.1. The zero-order chi connectivity index (χ0) is 19.5. The predicted molar refractivity (Wildman–Crippen MR) is 107 cm³/mol. The lowest BCUT2D eigenvalue weighted by Crippen LogP contribution is -2.21. The smallest absolute Gasteiger partial charge is 0.262 e. The third kappa shape index (κ3) is 3.88. The summed E-state index contributed by atoms with van der Waals surface area (Å²) in [5.41, 5.74) is 1.76. The third-order valence-corrected chi connectivity index (χ3v) is 4.90. The fourth-order valence-electron chi connectivity index (χ4n) is 2.62. The van der Waals surface area contributed by atoms with Crippen molar-refractivity contribution in [2.24, 2.45) is 0 Å². The van der Waals surface area contributed by atoms with Crippen molar-refractivity contribution in [3.8, 4) is 5.75 Å². The molecule has 0 unspecified atom stereocenters. The molecule has 2 aromatic heterocycles. The van der Waals surface area contributed by atoms with Crippen molar-refractivity contribution in [1.82, 2.24) is 15.2 Å². The van der Waals surface area contributed by atoms with Crippen molar-refractivity contribution >= 4 is 51.2 Å². The molecule has 140 valence electrons. The Morgan fingerprint density at radius 1 is 1.21 bits per heavy atom. The summed E-state index contributed by atoms with van der Waals surface area (Å²) in [6, 6.07) is 10.1. The highest BCUT2D eigenvalue weighted by Gasteiger charge is 2.18. The number of nitrogens with zero attached hydrogens (tertiary/aromatic N) is 2. The van der Waals surface area contributed by atoms with Crippen LogP contribution in [0.4, 0.5) is 5.69 Å². The van der Waals surface area contributed by atoms with Crippen LogP contribution in [0.15, 0.2) is 54.2 Å². The lowest BCUT2D eigenvalue weighted by Gasteiger charge is -2.11. The summed E-state index contributed by atoms with van der Waals surface area (Å²) in [5, 5.41) is 12.9. The Hall–Kier alpha value is -3.23. The fourth-order valence-corrected chi connectivity index (χ4v) is 3.38. The number of ether oxygens (including phenoxy) is 1. The molecule has 7 nitrogen and oxygen atoms in total. The van der Waals surface area contributed by atoms with Gasteiger partial charge in [0.2, 0.25) is 5.78 Å². The maximum Gasteiger partial charge on any atom is 0.262 e. The Morgan fingerprint density at radius 2 is 2.11 bits per heavy atom. The van der Waals surface area contributed by atoms with E-state index in [1.165, 1.54) is 17.4 Å². The summed E-state index contributed by atoms with van der Waals surface area (Å²) in [7, 11) is 0. The van der Waals surface area contributed by atoms with Crippen molar-refractivity contribution < 1.29 is 14.3 Å². The number of thiazole rings is 1. The highest BCUT2D eigenvalue weighted by atomic mass is 35.5. The molecule has 2 heterocycles. The molecule has 1 amide bonds. The van der Waals surface area contributed by atoms with Crippen molar-refractivity contribution in [2.45, 2.75) is 0 Å². The van der Waals surface area contributed by atoms with E-state index in [9.17, 15) is 9.59 Å². The topological polar surface area (TPSA) is 97.0 Å². The van der Waals surface area contributed by atoms with Crippen LogP contribution in [0.1, 0.15) is 15.4 Å². The third-order valence-electron chi connectivity index (χ3n) is 3.90. The first-order valence-corrected chi connectivity index (χ1v) is 9.45. The van der Waals surface area contributed by atoms with Gasteiger partial charge in [-0.25, -0.2) is 4.98 Å². The Balaban J connectivity index is 1.46. The summed E-state index contributed by atoms with van der Waals surface area (Å²) in [5.74, 6) is -0.395. The lowest BCUT2D eigenvalue weighted by molar-refractivity contribution is -0.118. The molecule has 4 aromatic rings. The number of rotatable bonds is 6. The van der Waals surface area contributed by atoms with Gasteiger partial charge >= 0.3 is 0 Å². The zero-order valence-corrected chi connectivity index (χ0v) is 15.9. The van der Waals surface area contributed by atoms with Gasteiger partial charge in [0, 0.05) is 27.7 Å². The number of ketones is 1. The molecule has 0 spiro atoms. The fraction of sp³-hybridized carbons (Fsp3) is 0.0526. The molecule has 0 atom stereocenters. The van der Waals surface area contributed by atoms with Crippen molar-refractivity contribution in [2.75, 3.05) is 11.9 Å². The van der Waals surface area contributed by atoms with Gasteiger partial charge in [-0.15, -0.1) is 11.3 Å². The number of benzene rings is 2. The average molecular weight is 413 g/mol. The quantitative estimate of drug-likeness (QED) is 0.468. The molecule has 4 rings (SSSR count). The molecular weight excluding hydrogens is 400 g/mol. The zero-order valence-electron chi connectivity index (χ0n) is 14.3. The van der Waals surface area contributed by atoms with Gasteiger partial charge in [0.15, 0.2) is 11.6 Å². The summed E-state index contributed by atoms with van der Waals surface area (Å²) >= 11 is 7.24. The molecule has 28 heavy (non-hydrogen) atoms. The molecule has 2 aromatic carbocycles. The molecule has 0 aliphatic rings. The minimum atomic E-state index is -0.356. The van der Waals surface area contributed by atoms with E-state index < -0.39 is 0 Å². The van der Waals surface area contributed by atoms with Crippen LogP contribution in [0, 0.1) is 0 Å². The van der Waals surface area contributed by atoms with Crippen molar-refractivity contribution in [3.63, 3.8) is 0 Å². The van der Waals surface area contributed by atoms with Gasteiger partial charge in [0.05, 0.1) is 17.3 Å². The first-order valence-electron chi connectivity index (χ1n) is 8.20. The van der Waals surface area contributed by atoms with Crippen LogP contribution < -0.4 is 10.1 Å². The van der Waals surface area contributed by atoms with E-state index >= 15 is 0 Å². The Morgan fingerprint density at radius 3 is 2.93 bits per heavy atom. The van der Waals surface area contributed by atoms with Gasteiger partial charge < -0.3 is 10.1 Å². The first-order chi connectivity index (χ1) is 13.6. The van der Waals surface area contributed by atoms with E-state index in [4.69, 9.17) is 16.3 Å². The molecule has 0 saturated heterocycles. The summed E-state index contributed by atoms with van der Waals surface area (Å²) in [4.78, 5) is 28.9. The molecule has 0 aliphatic carbocycles. The molecule has 0 bridgehead atoms. The molecule has 0 aliphatic heterocycles. The number of aromatic nitrogens is 3. The minimum absolute atomic E-state index is 0.259. The van der Waals surface area contributed by atoms with E-state index in [0.717, 1.165) is 10.9 Å². The number of H-pyrrole nitrogens is 1. The van der Waals surface area contributed by atoms with Crippen LogP contribution in [-0.4, -0.2) is 33.5 Å². The van der Waals surface area contributed by atoms with Gasteiger partial charge in [-0.05, 0) is 36.4 Å². The van der Waals surface area contributed by atoms with Gasteiger partial charge in [0.1, 0.15) is 5.75 Å². The van der Waals surface area contributed by atoms with E-state index in [0.29, 0.717) is 15.7 Å². The predicted octanol–water partition coefficient (Wildman–Crippen LogP) is 3.92. The molecule has 2 N–H and O–H groups in total. The van der Waals surface area contributed by atoms with Crippen molar-refractivity contribution in [3.05, 3.63) is 69.8 Å². The van der Waals surface area contributed by atoms with Crippen molar-refractivity contribution in [1.29, 1.82) is 0 Å². The van der Waals surface area contributed by atoms with Crippen LogP contribution >= 0.6 is 22.9 Å². The van der Waals surface area contributed by atoms with Crippen LogP contribution in [-0.2, 0) is 4.79 Å². The minimum Gasteiger partial charge on any atom is -0.483 e. The van der Waals surface area contributed by atoms with E-state index in [-0.39, 0.29) is 29.6 Å². The van der Waals surface area contributed by atoms with Gasteiger partial charge in [-0.2, -0.15) is 5.10 Å². The molecule has 0 radical (unpaired) electrons. The molecule has 9 heteroatoms. The maximum atomic E-state index is 12.6. The highest BCUT2D eigenvalue weighted by Crippen LogP contribution is 2.26. The number of amides is 1. The van der Waals surface area contributed by atoms with Gasteiger partial charge in [-0.3, -0.25) is 14.7 Å². The number of hydrogen-bond acceptors (Lipinski definition) is 6. The second-order valence-corrected chi connectivity index (χ2v) is 7.15. The van der Waals surface area contributed by atoms with Crippen LogP contribution in [0.25, 0.3) is 10.9 Å². The van der Waals surface area contributed by atoms with E-state index in [2.05, 4.69) is 20.5 Å². The summed E-state index contributed by atoms with van der Waals surface area (Å²) < 4.78 is 5.58. The average Bonchev–Trinajstić information content (AvgIpc) is 3.38. The number of halogens is 1. The van der Waals surface area contributed by atoms with Crippen LogP contribution in [0.3, 0.4) is 0 Å². The number of anilines is 1. The highest BCUT2D eigenvalue weighted by molar-refractivity contribution is 7.11. The van der Waals surface area contributed by atoms with Crippen LogP contribution in [0.2, 0.25) is 5.02 Å². The van der Waals surface area contributed by atoms with E-state index in [1.807, 2.05) is 6.07 Å². The maximum absolute atomic E-state index is 12.6. The number of nitrogens with one attached hydrogen (secondary N) is 2. The summed E-state index contributed by atoms with van der Waals surface area (Å²) in [6.45, 7) is -0.261. The van der Waals surface area contributed by atoms with Gasteiger partial charge in [-0.1, -0.05) is 11.6 Å². The second-order valence-electron chi connectivity index (χ2n) is 5.82. The number of carbonyl (C=O) groups excluding carboxylic acids is 2. The Bertz CT molecular complexity index is 1160. The van der Waals surface area contributed by atoms with Crippen LogP contribution in [0.5, 0.6) is 5.75 Å². The second kappa shape index (κ2) is 7.79. The number of hydrogen-bond donors (Lipinski definition) is 2. The summed E-state index contributed by atoms with van der Waals surface area (Å²) in [6.07, 6.45) is 3.22. The normalized spacial score (nSPS) is 10.8. The number of fused-ring (bicyclic) bond motifs is 1. The van der Waals surface area contributed by atoms with Gasteiger partial charge in [0.25, 0.3) is 5.91 Å². The number of carbonyl (C=O) groups is 2. The molecule has 0 saturated carbocycles.